The molecule has 0 saturated heterocycles. The number of para-hydroxylation sites is 1. The van der Waals surface area contributed by atoms with Gasteiger partial charge in [-0.2, -0.15) is 4.68 Å². The number of amides is 3. The molecule has 0 bridgehead atoms. The number of furan rings is 1. The van der Waals surface area contributed by atoms with Gasteiger partial charge in [0.05, 0.1) is 23.1 Å². The molecule has 218 valence electrons. The minimum absolute atomic E-state index is 0.0395. The Morgan fingerprint density at radius 3 is 2.35 bits per heavy atom. The molecule has 3 amide bonds. The third-order valence-corrected chi connectivity index (χ3v) is 6.69. The van der Waals surface area contributed by atoms with Crippen LogP contribution in [0.1, 0.15) is 50.8 Å². The van der Waals surface area contributed by atoms with E-state index < -0.39 is 29.4 Å². The summed E-state index contributed by atoms with van der Waals surface area (Å²) in [7, 11) is 1.73. The number of anilines is 2. The van der Waals surface area contributed by atoms with Crippen molar-refractivity contribution in [1.29, 1.82) is 0 Å². The van der Waals surface area contributed by atoms with Gasteiger partial charge in [-0.1, -0.05) is 49.0 Å². The second kappa shape index (κ2) is 11.5. The van der Waals surface area contributed by atoms with Crippen molar-refractivity contribution in [2.45, 2.75) is 19.4 Å². The number of aromatic nitrogens is 3. The molecule has 0 aliphatic heterocycles. The third kappa shape index (κ3) is 5.79. The number of ether oxygens (including phenoxy) is 1. The van der Waals surface area contributed by atoms with Gasteiger partial charge in [0.1, 0.15) is 11.2 Å². The van der Waals surface area contributed by atoms with Crippen LogP contribution in [-0.2, 0) is 17.3 Å². The van der Waals surface area contributed by atoms with Crippen LogP contribution in [-0.4, -0.2) is 38.2 Å². The molecule has 0 unspecified atom stereocenters. The van der Waals surface area contributed by atoms with Crippen molar-refractivity contribution in [2.24, 2.45) is 7.05 Å². The molecule has 0 radical (unpaired) electrons. The highest BCUT2D eigenvalue weighted by Crippen LogP contribution is 2.29. The van der Waals surface area contributed by atoms with E-state index in [1.165, 1.54) is 12.1 Å². The van der Waals surface area contributed by atoms with Gasteiger partial charge in [0.15, 0.2) is 17.2 Å². The Labute approximate surface area is 245 Å². The second-order valence-corrected chi connectivity index (χ2v) is 10.0. The lowest BCUT2D eigenvalue weighted by Gasteiger charge is -2.26. The predicted molar refractivity (Wildman–Crippen MR) is 159 cm³/mol. The van der Waals surface area contributed by atoms with Crippen LogP contribution in [0.25, 0.3) is 11.1 Å². The van der Waals surface area contributed by atoms with Crippen LogP contribution >= 0.6 is 0 Å². The fourth-order valence-electron chi connectivity index (χ4n) is 4.48. The van der Waals surface area contributed by atoms with Crippen molar-refractivity contribution in [3.63, 3.8) is 0 Å². The number of nitrogens with zero attached hydrogens (tertiary/aromatic N) is 3. The summed E-state index contributed by atoms with van der Waals surface area (Å²) in [6.07, 6.45) is 1.72. The van der Waals surface area contributed by atoms with Crippen molar-refractivity contribution in [3.05, 3.63) is 114 Å². The Hall–Kier alpha value is -5.91. The maximum atomic E-state index is 13.4. The average Bonchev–Trinajstić information content (AvgIpc) is 3.70. The zero-order valence-electron chi connectivity index (χ0n) is 23.6. The summed E-state index contributed by atoms with van der Waals surface area (Å²) in [6, 6.07) is 20.5. The monoisotopic (exact) mass is 580 g/mol. The minimum atomic E-state index is -0.937. The van der Waals surface area contributed by atoms with E-state index in [-0.39, 0.29) is 33.9 Å². The summed E-state index contributed by atoms with van der Waals surface area (Å²) < 4.78 is 13.2. The molecule has 0 spiro atoms. The average molecular weight is 581 g/mol. The first-order valence-electron chi connectivity index (χ1n) is 13.1. The normalized spacial score (nSPS) is 11.1. The molecule has 5 aromatic rings. The van der Waals surface area contributed by atoms with E-state index >= 15 is 0 Å². The highest BCUT2D eigenvalue weighted by Gasteiger charge is 2.29. The standard InChI is InChI=1S/C31H28N6O6/c1-5-42-30(41)37-23-18-24(29(40)34-31(2,3)19-12-7-6-8-13-19)43-25(23)26(35-37)33-27(38)20-14-9-10-15-21(20)32-28(39)22-16-11-17-36(22)4/h5-18H,1H2,2-4H3,(H,32,39)(H,34,40)(H,33,35,38). The second-order valence-electron chi connectivity index (χ2n) is 10.0. The molecular formula is C31H28N6O6. The number of hydrogen-bond acceptors (Lipinski definition) is 7. The molecule has 5 rings (SSSR count). The largest absolute Gasteiger partial charge is 0.445 e. The van der Waals surface area contributed by atoms with Gasteiger partial charge in [0, 0.05) is 19.3 Å². The lowest BCUT2D eigenvalue weighted by Crippen LogP contribution is -2.40. The Morgan fingerprint density at radius 1 is 0.930 bits per heavy atom. The highest BCUT2D eigenvalue weighted by molar-refractivity contribution is 6.14. The van der Waals surface area contributed by atoms with E-state index in [1.807, 2.05) is 44.2 Å². The maximum absolute atomic E-state index is 13.4. The fourth-order valence-corrected chi connectivity index (χ4v) is 4.48. The van der Waals surface area contributed by atoms with E-state index in [0.29, 0.717) is 5.69 Å². The summed E-state index contributed by atoms with van der Waals surface area (Å²) in [5.41, 5.74) is 0.915. The molecule has 12 nitrogen and oxygen atoms in total. The lowest BCUT2D eigenvalue weighted by atomic mass is 9.94. The van der Waals surface area contributed by atoms with Crippen LogP contribution in [0, 0.1) is 0 Å². The smallest absolute Gasteiger partial charge is 0.440 e. The zero-order chi connectivity index (χ0) is 30.7. The van der Waals surface area contributed by atoms with Gasteiger partial charge in [0.2, 0.25) is 0 Å². The zero-order valence-corrected chi connectivity index (χ0v) is 23.6. The topological polar surface area (TPSA) is 149 Å². The molecule has 43 heavy (non-hydrogen) atoms. The Balaban J connectivity index is 1.45. The molecule has 0 aliphatic carbocycles. The van der Waals surface area contributed by atoms with Crippen LogP contribution in [0.2, 0.25) is 0 Å². The van der Waals surface area contributed by atoms with Crippen molar-refractivity contribution in [1.82, 2.24) is 19.7 Å². The summed E-state index contributed by atoms with van der Waals surface area (Å²) in [6.45, 7) is 7.06. The van der Waals surface area contributed by atoms with E-state index in [0.717, 1.165) is 16.5 Å². The molecule has 3 aromatic heterocycles. The van der Waals surface area contributed by atoms with E-state index in [4.69, 9.17) is 9.15 Å². The molecule has 0 atom stereocenters. The SMILES string of the molecule is C=COC(=O)n1nc(NC(=O)c2ccccc2NC(=O)c2cccn2C)c2oc(C(=O)NC(C)(C)c3ccccc3)cc21. The summed E-state index contributed by atoms with van der Waals surface area (Å²) in [5.74, 6) is -1.89. The van der Waals surface area contributed by atoms with Crippen molar-refractivity contribution in [3.8, 4) is 0 Å². The first-order chi connectivity index (χ1) is 20.6. The number of carbonyl (C=O) groups excluding carboxylic acids is 4. The minimum Gasteiger partial charge on any atom is -0.445 e. The molecule has 3 heterocycles. The number of fused-ring (bicyclic) bond motifs is 1. The summed E-state index contributed by atoms with van der Waals surface area (Å²) >= 11 is 0. The number of rotatable bonds is 8. The molecule has 2 aromatic carbocycles. The van der Waals surface area contributed by atoms with Gasteiger partial charge >= 0.3 is 6.09 Å². The van der Waals surface area contributed by atoms with Gasteiger partial charge in [-0.3, -0.25) is 14.4 Å². The quantitative estimate of drug-likeness (QED) is 0.212. The first kappa shape index (κ1) is 28.6. The van der Waals surface area contributed by atoms with Gasteiger partial charge in [-0.05, 0) is 43.7 Å². The summed E-state index contributed by atoms with van der Waals surface area (Å²) in [4.78, 5) is 52.1. The van der Waals surface area contributed by atoms with Crippen LogP contribution in [0.15, 0.2) is 96.3 Å². The summed E-state index contributed by atoms with van der Waals surface area (Å²) in [5, 5.41) is 12.4. The number of benzene rings is 2. The van der Waals surface area contributed by atoms with Crippen molar-refractivity contribution >= 4 is 46.4 Å². The van der Waals surface area contributed by atoms with Gasteiger partial charge in [0.25, 0.3) is 17.7 Å². The number of carbonyl (C=O) groups is 4. The van der Waals surface area contributed by atoms with Gasteiger partial charge in [-0.25, -0.2) is 4.79 Å². The Kier molecular flexibility index (Phi) is 7.67. The molecule has 12 heteroatoms. The predicted octanol–water partition coefficient (Wildman–Crippen LogP) is 5.27. The maximum Gasteiger partial charge on any atom is 0.440 e. The molecule has 0 aliphatic rings. The Bertz CT molecular complexity index is 1860. The fraction of sp³-hybridized carbons (Fsp3) is 0.129. The number of nitrogens with one attached hydrogen (secondary N) is 3. The van der Waals surface area contributed by atoms with Gasteiger partial charge in [-0.15, -0.1) is 5.10 Å². The molecule has 0 fully saturated rings. The molecule has 3 N–H and O–H groups in total. The van der Waals surface area contributed by atoms with Crippen molar-refractivity contribution in [2.75, 3.05) is 10.6 Å². The van der Waals surface area contributed by atoms with Crippen LogP contribution in [0.5, 0.6) is 0 Å². The number of aryl methyl sites for hydroxylation is 1. The first-order valence-corrected chi connectivity index (χ1v) is 13.1. The van der Waals surface area contributed by atoms with E-state index in [2.05, 4.69) is 27.6 Å². The van der Waals surface area contributed by atoms with Crippen LogP contribution < -0.4 is 16.0 Å². The van der Waals surface area contributed by atoms with Gasteiger partial charge < -0.3 is 29.7 Å². The van der Waals surface area contributed by atoms with Crippen LogP contribution in [0.4, 0.5) is 16.3 Å². The highest BCUT2D eigenvalue weighted by atomic mass is 16.5. The third-order valence-electron chi connectivity index (χ3n) is 6.69. The molecular weight excluding hydrogens is 552 g/mol. The van der Waals surface area contributed by atoms with E-state index in [9.17, 15) is 19.2 Å². The Morgan fingerprint density at radius 2 is 1.65 bits per heavy atom. The lowest BCUT2D eigenvalue weighted by molar-refractivity contribution is 0.0885. The van der Waals surface area contributed by atoms with Crippen molar-refractivity contribution < 1.29 is 28.3 Å². The van der Waals surface area contributed by atoms with E-state index in [1.54, 1.807) is 48.1 Å². The molecule has 0 saturated carbocycles. The number of hydrogen-bond donors (Lipinski definition) is 3. The van der Waals surface area contributed by atoms with Crippen LogP contribution in [0.3, 0.4) is 0 Å².